The Hall–Kier alpha value is -2.40. The van der Waals surface area contributed by atoms with Gasteiger partial charge < -0.3 is 15.4 Å². The highest BCUT2D eigenvalue weighted by Gasteiger charge is 2.27. The number of hydrogen-bond acceptors (Lipinski definition) is 3. The van der Waals surface area contributed by atoms with Crippen molar-refractivity contribution in [2.24, 2.45) is 5.41 Å². The molecule has 0 aliphatic rings. The second-order valence-electron chi connectivity index (χ2n) is 8.05. The van der Waals surface area contributed by atoms with Crippen molar-refractivity contribution in [2.75, 3.05) is 13.2 Å². The zero-order valence-electron chi connectivity index (χ0n) is 17.9. The van der Waals surface area contributed by atoms with E-state index in [1.54, 1.807) is 0 Å². The van der Waals surface area contributed by atoms with Gasteiger partial charge in [-0.3, -0.25) is 4.79 Å². The number of rotatable bonds is 9. The van der Waals surface area contributed by atoms with E-state index in [1.165, 1.54) is 11.1 Å². The van der Waals surface area contributed by atoms with Gasteiger partial charge >= 0.3 is 0 Å². The van der Waals surface area contributed by atoms with E-state index in [2.05, 4.69) is 41.8 Å². The first-order valence-corrected chi connectivity index (χ1v) is 10.5. The quantitative estimate of drug-likeness (QED) is 0.462. The molecule has 0 saturated heterocycles. The molecule has 1 amide bonds. The Morgan fingerprint density at radius 1 is 1.10 bits per heavy atom. The van der Waals surface area contributed by atoms with Gasteiger partial charge in [-0.1, -0.05) is 56.3 Å². The van der Waals surface area contributed by atoms with Crippen molar-refractivity contribution < 1.29 is 9.53 Å². The van der Waals surface area contributed by atoms with E-state index in [9.17, 15) is 4.79 Å². The summed E-state index contributed by atoms with van der Waals surface area (Å²) in [5.74, 6) is 0.845. The van der Waals surface area contributed by atoms with Crippen molar-refractivity contribution in [1.29, 1.82) is 0 Å². The van der Waals surface area contributed by atoms with Gasteiger partial charge in [-0.05, 0) is 68.1 Å². The summed E-state index contributed by atoms with van der Waals surface area (Å²) in [5, 5.41) is 6.31. The molecule has 0 unspecified atom stereocenters. The molecular formula is C24H32N2O2S. The van der Waals surface area contributed by atoms with Crippen LogP contribution in [0.4, 0.5) is 0 Å². The average molecular weight is 413 g/mol. The van der Waals surface area contributed by atoms with Gasteiger partial charge in [0.2, 0.25) is 5.91 Å². The minimum Gasteiger partial charge on any atom is -0.493 e. The first-order chi connectivity index (χ1) is 13.8. The average Bonchev–Trinajstić information content (AvgIpc) is 2.68. The van der Waals surface area contributed by atoms with Crippen LogP contribution in [0.15, 0.2) is 48.5 Å². The third-order valence-electron chi connectivity index (χ3n) is 4.93. The molecule has 2 rings (SSSR count). The maximum absolute atomic E-state index is 12.6. The first kappa shape index (κ1) is 22.9. The lowest BCUT2D eigenvalue weighted by molar-refractivity contribution is -0.128. The van der Waals surface area contributed by atoms with Crippen molar-refractivity contribution in [3.05, 3.63) is 65.2 Å². The van der Waals surface area contributed by atoms with E-state index in [1.807, 2.05) is 45.0 Å². The Labute approximate surface area is 180 Å². The van der Waals surface area contributed by atoms with Crippen LogP contribution in [0.3, 0.4) is 0 Å². The van der Waals surface area contributed by atoms with Crippen LogP contribution in [0.1, 0.15) is 43.4 Å². The van der Waals surface area contributed by atoms with Gasteiger partial charge in [0.15, 0.2) is 5.11 Å². The number of hydrogen-bond donors (Lipinski definition) is 2. The van der Waals surface area contributed by atoms with Crippen LogP contribution in [0.25, 0.3) is 0 Å². The van der Waals surface area contributed by atoms with Gasteiger partial charge in [0.1, 0.15) is 5.75 Å². The largest absolute Gasteiger partial charge is 0.493 e. The summed E-state index contributed by atoms with van der Waals surface area (Å²) in [6.07, 6.45) is 2.37. The molecule has 0 bridgehead atoms. The lowest BCUT2D eigenvalue weighted by Gasteiger charge is -2.24. The van der Waals surface area contributed by atoms with Crippen molar-refractivity contribution in [1.82, 2.24) is 10.6 Å². The van der Waals surface area contributed by atoms with Gasteiger partial charge in [-0.25, -0.2) is 0 Å². The fourth-order valence-corrected chi connectivity index (χ4v) is 3.15. The molecule has 4 nitrogen and oxygen atoms in total. The molecule has 29 heavy (non-hydrogen) atoms. The molecule has 0 fully saturated rings. The maximum Gasteiger partial charge on any atom is 0.231 e. The number of amides is 1. The van der Waals surface area contributed by atoms with E-state index >= 15 is 0 Å². The highest BCUT2D eigenvalue weighted by molar-refractivity contribution is 7.80. The second kappa shape index (κ2) is 11.0. The van der Waals surface area contributed by atoms with E-state index in [4.69, 9.17) is 17.0 Å². The molecule has 0 aliphatic heterocycles. The van der Waals surface area contributed by atoms with E-state index in [-0.39, 0.29) is 5.91 Å². The molecular weight excluding hydrogens is 380 g/mol. The Kier molecular flexibility index (Phi) is 8.65. The van der Waals surface area contributed by atoms with Crippen LogP contribution in [0.2, 0.25) is 0 Å². The number of thiocarbonyl (C=S) groups is 1. The maximum atomic E-state index is 12.6. The lowest BCUT2D eigenvalue weighted by atomic mass is 9.87. The smallest absolute Gasteiger partial charge is 0.231 e. The lowest BCUT2D eigenvalue weighted by Crippen LogP contribution is -2.45. The van der Waals surface area contributed by atoms with Crippen LogP contribution in [0, 0.1) is 19.3 Å². The van der Waals surface area contributed by atoms with Crippen molar-refractivity contribution >= 4 is 23.2 Å². The van der Waals surface area contributed by atoms with E-state index < -0.39 is 5.41 Å². The molecule has 2 aromatic carbocycles. The first-order valence-electron chi connectivity index (χ1n) is 10.1. The Bertz CT molecular complexity index is 819. The summed E-state index contributed by atoms with van der Waals surface area (Å²) in [6, 6.07) is 16.4. The Balaban J connectivity index is 1.69. The summed E-state index contributed by atoms with van der Waals surface area (Å²) in [6.45, 7) is 9.24. The van der Waals surface area contributed by atoms with Gasteiger partial charge in [0, 0.05) is 12.0 Å². The van der Waals surface area contributed by atoms with Crippen LogP contribution >= 0.6 is 12.2 Å². The number of ether oxygens (including phenoxy) is 1. The van der Waals surface area contributed by atoms with Crippen LogP contribution in [0.5, 0.6) is 5.75 Å². The monoisotopic (exact) mass is 412 g/mol. The third-order valence-corrected chi connectivity index (χ3v) is 5.18. The van der Waals surface area contributed by atoms with Crippen LogP contribution in [-0.4, -0.2) is 24.2 Å². The van der Waals surface area contributed by atoms with Crippen molar-refractivity contribution in [3.63, 3.8) is 0 Å². The fraction of sp³-hybridized carbons (Fsp3) is 0.417. The fourth-order valence-electron chi connectivity index (χ4n) is 2.95. The molecule has 0 aromatic heterocycles. The highest BCUT2D eigenvalue weighted by atomic mass is 32.1. The molecule has 0 heterocycles. The zero-order chi connectivity index (χ0) is 21.3. The van der Waals surface area contributed by atoms with Crippen molar-refractivity contribution in [2.45, 2.75) is 47.0 Å². The molecule has 156 valence electrons. The second-order valence-corrected chi connectivity index (χ2v) is 8.46. The van der Waals surface area contributed by atoms with Crippen LogP contribution < -0.4 is 15.4 Å². The molecule has 2 aromatic rings. The summed E-state index contributed by atoms with van der Waals surface area (Å²) in [5.41, 5.74) is 3.02. The van der Waals surface area contributed by atoms with Gasteiger partial charge in [0.25, 0.3) is 0 Å². The topological polar surface area (TPSA) is 50.4 Å². The Morgan fingerprint density at radius 3 is 2.55 bits per heavy atom. The number of benzene rings is 2. The van der Waals surface area contributed by atoms with Gasteiger partial charge in [0.05, 0.1) is 6.61 Å². The molecule has 0 spiro atoms. The van der Waals surface area contributed by atoms with Crippen LogP contribution in [-0.2, 0) is 11.2 Å². The van der Waals surface area contributed by atoms with E-state index in [0.717, 1.165) is 30.6 Å². The van der Waals surface area contributed by atoms with Crippen molar-refractivity contribution in [3.8, 4) is 5.75 Å². The zero-order valence-corrected chi connectivity index (χ0v) is 18.7. The number of carbonyl (C=O) groups is 1. The summed E-state index contributed by atoms with van der Waals surface area (Å²) < 4.78 is 5.90. The molecule has 0 aliphatic carbocycles. The molecule has 5 heteroatoms. The normalized spacial score (nSPS) is 11.0. The number of nitrogens with one attached hydrogen (secondary N) is 2. The minimum atomic E-state index is -0.518. The standard InChI is InChI=1S/C24H32N2O2S/c1-18-11-12-19(2)21(17-18)28-16-8-14-24(3,4)22(27)26-23(29)25-15-13-20-9-6-5-7-10-20/h5-7,9-12,17H,8,13-16H2,1-4H3,(H2,25,26,27,29). The molecule has 2 N–H and O–H groups in total. The third kappa shape index (κ3) is 7.86. The minimum absolute atomic E-state index is 0.0681. The van der Waals surface area contributed by atoms with E-state index in [0.29, 0.717) is 18.3 Å². The summed E-state index contributed by atoms with van der Waals surface area (Å²) in [4.78, 5) is 12.6. The summed E-state index contributed by atoms with van der Waals surface area (Å²) in [7, 11) is 0. The SMILES string of the molecule is Cc1ccc(C)c(OCCCC(C)(C)C(=O)NC(=S)NCCc2ccccc2)c1. The molecule has 0 saturated carbocycles. The number of aryl methyl sites for hydroxylation is 2. The summed E-state index contributed by atoms with van der Waals surface area (Å²) >= 11 is 5.27. The predicted molar refractivity (Wildman–Crippen MR) is 123 cm³/mol. The van der Waals surface area contributed by atoms with Gasteiger partial charge in [-0.15, -0.1) is 0 Å². The number of carbonyl (C=O) groups excluding carboxylic acids is 1. The highest BCUT2D eigenvalue weighted by Crippen LogP contribution is 2.24. The molecule has 0 atom stereocenters. The predicted octanol–water partition coefficient (Wildman–Crippen LogP) is 4.72. The molecule has 0 radical (unpaired) electrons. The van der Waals surface area contributed by atoms with Gasteiger partial charge in [-0.2, -0.15) is 0 Å². The Morgan fingerprint density at radius 2 is 1.83 bits per heavy atom.